The molecule has 0 radical (unpaired) electrons. The predicted molar refractivity (Wildman–Crippen MR) is 134 cm³/mol. The minimum atomic E-state index is -0.195. The Morgan fingerprint density at radius 3 is 2.50 bits per heavy atom. The topological polar surface area (TPSA) is 38.0 Å². The fourth-order valence-electron chi connectivity index (χ4n) is 5.15. The Balaban J connectivity index is 1.65. The van der Waals surface area contributed by atoms with E-state index in [2.05, 4.69) is 48.7 Å². The van der Waals surface area contributed by atoms with E-state index in [1.165, 1.54) is 11.3 Å². The maximum atomic E-state index is 14.1. The van der Waals surface area contributed by atoms with Crippen LogP contribution in [0.15, 0.2) is 66.7 Å². The Morgan fingerprint density at radius 2 is 1.82 bits per heavy atom. The lowest BCUT2D eigenvalue weighted by Gasteiger charge is -2.32. The molecule has 34 heavy (non-hydrogen) atoms. The zero-order valence-corrected chi connectivity index (χ0v) is 19.9. The van der Waals surface area contributed by atoms with Gasteiger partial charge in [-0.25, -0.2) is 4.39 Å². The average Bonchev–Trinajstić information content (AvgIpc) is 3.14. The van der Waals surface area contributed by atoms with Crippen LogP contribution in [-0.2, 0) is 6.61 Å². The fourth-order valence-corrected chi connectivity index (χ4v) is 5.15. The predicted octanol–water partition coefficient (Wildman–Crippen LogP) is 7.80. The highest BCUT2D eigenvalue weighted by atomic mass is 19.1. The van der Waals surface area contributed by atoms with Gasteiger partial charge in [0.25, 0.3) is 0 Å². The van der Waals surface area contributed by atoms with E-state index in [4.69, 9.17) is 4.74 Å². The van der Waals surface area contributed by atoms with Crippen LogP contribution in [0.2, 0.25) is 0 Å². The summed E-state index contributed by atoms with van der Waals surface area (Å²) in [6.45, 7) is 6.73. The number of rotatable bonds is 6. The molecule has 0 atom stereocenters. The molecule has 3 nitrogen and oxygen atoms in total. The maximum absolute atomic E-state index is 14.1. The first-order valence-electron chi connectivity index (χ1n) is 12.0. The standard InChI is InChI=1S/C30H29FN2O/c1-19(2)30-29(23-14-22(15-23)17-32)26-16-25(34-18-21-7-5-4-6-8-21)10-12-28(26)33(30)24-9-11-27(31)20(3)13-24/h4-13,16,19,22-23H,14-15,18H2,1-3H3/t22-,23-. The fraction of sp³-hybridized carbons (Fsp3) is 0.300. The molecule has 1 aromatic heterocycles. The van der Waals surface area contributed by atoms with Gasteiger partial charge in [-0.2, -0.15) is 5.26 Å². The van der Waals surface area contributed by atoms with Crippen LogP contribution >= 0.6 is 0 Å². The van der Waals surface area contributed by atoms with Crippen molar-refractivity contribution in [3.63, 3.8) is 0 Å². The number of nitrogens with zero attached hydrogens (tertiary/aromatic N) is 2. The average molecular weight is 453 g/mol. The van der Waals surface area contributed by atoms with Crippen molar-refractivity contribution in [2.45, 2.75) is 52.1 Å². The van der Waals surface area contributed by atoms with Gasteiger partial charge in [0, 0.05) is 22.7 Å². The van der Waals surface area contributed by atoms with Gasteiger partial charge in [0.2, 0.25) is 0 Å². The summed E-state index contributed by atoms with van der Waals surface area (Å²) in [5.74, 6) is 1.36. The number of hydrogen-bond donors (Lipinski definition) is 0. The maximum Gasteiger partial charge on any atom is 0.126 e. The van der Waals surface area contributed by atoms with Crippen LogP contribution in [0.4, 0.5) is 4.39 Å². The number of hydrogen-bond acceptors (Lipinski definition) is 2. The van der Waals surface area contributed by atoms with Crippen LogP contribution in [0.1, 0.15) is 60.9 Å². The van der Waals surface area contributed by atoms with E-state index < -0.39 is 0 Å². The molecule has 0 amide bonds. The molecule has 172 valence electrons. The lowest BCUT2D eigenvalue weighted by atomic mass is 9.70. The minimum Gasteiger partial charge on any atom is -0.489 e. The van der Waals surface area contributed by atoms with Crippen molar-refractivity contribution in [2.24, 2.45) is 5.92 Å². The van der Waals surface area contributed by atoms with E-state index in [9.17, 15) is 9.65 Å². The number of aromatic nitrogens is 1. The van der Waals surface area contributed by atoms with Crippen LogP contribution in [0.5, 0.6) is 5.75 Å². The molecule has 0 N–H and O–H groups in total. The Bertz CT molecular complexity index is 1370. The molecule has 1 aliphatic carbocycles. The number of ether oxygens (including phenoxy) is 1. The molecule has 0 saturated heterocycles. The van der Waals surface area contributed by atoms with Crippen molar-refractivity contribution < 1.29 is 9.13 Å². The number of aryl methyl sites for hydroxylation is 1. The second-order valence-electron chi connectivity index (χ2n) is 9.67. The summed E-state index contributed by atoms with van der Waals surface area (Å²) in [6.07, 6.45) is 1.76. The Hall–Kier alpha value is -3.58. The molecule has 0 unspecified atom stereocenters. The minimum absolute atomic E-state index is 0.119. The molecule has 0 spiro atoms. The van der Waals surface area contributed by atoms with Crippen molar-refractivity contribution >= 4 is 10.9 Å². The summed E-state index contributed by atoms with van der Waals surface area (Å²) < 4.78 is 22.5. The first-order valence-corrected chi connectivity index (χ1v) is 12.0. The van der Waals surface area contributed by atoms with Gasteiger partial charge in [-0.15, -0.1) is 0 Å². The summed E-state index contributed by atoms with van der Waals surface area (Å²) in [7, 11) is 0. The number of halogens is 1. The molecule has 1 saturated carbocycles. The Kier molecular flexibility index (Phi) is 5.87. The summed E-state index contributed by atoms with van der Waals surface area (Å²) in [5, 5.41) is 10.6. The van der Waals surface area contributed by atoms with Crippen LogP contribution in [0.25, 0.3) is 16.6 Å². The number of benzene rings is 3. The zero-order valence-electron chi connectivity index (χ0n) is 19.9. The van der Waals surface area contributed by atoms with Gasteiger partial charge < -0.3 is 9.30 Å². The van der Waals surface area contributed by atoms with Crippen molar-refractivity contribution in [1.82, 2.24) is 4.57 Å². The lowest BCUT2D eigenvalue weighted by molar-refractivity contribution is 0.306. The monoisotopic (exact) mass is 452 g/mol. The van der Waals surface area contributed by atoms with Crippen LogP contribution in [0.3, 0.4) is 0 Å². The SMILES string of the molecule is Cc1cc(-n2c(C(C)C)c([C@H]3C[C@H](C#N)C3)c3cc(OCc4ccccc4)ccc32)ccc1F. The molecular weight excluding hydrogens is 423 g/mol. The number of fused-ring (bicyclic) bond motifs is 1. The Morgan fingerprint density at radius 1 is 1.06 bits per heavy atom. The summed E-state index contributed by atoms with van der Waals surface area (Å²) in [4.78, 5) is 0. The van der Waals surface area contributed by atoms with E-state index in [0.717, 1.165) is 40.7 Å². The van der Waals surface area contributed by atoms with Crippen molar-refractivity contribution in [3.05, 3.63) is 94.9 Å². The third-order valence-corrected chi connectivity index (χ3v) is 6.94. The molecular formula is C30H29FN2O. The van der Waals surface area contributed by atoms with Crippen LogP contribution < -0.4 is 4.74 Å². The normalized spacial score (nSPS) is 17.5. The third-order valence-electron chi connectivity index (χ3n) is 6.94. The zero-order chi connectivity index (χ0) is 23.8. The van der Waals surface area contributed by atoms with Crippen molar-refractivity contribution in [1.29, 1.82) is 5.26 Å². The lowest BCUT2D eigenvalue weighted by Crippen LogP contribution is -2.21. The van der Waals surface area contributed by atoms with E-state index in [-0.39, 0.29) is 17.7 Å². The Labute approximate surface area is 200 Å². The molecule has 5 rings (SSSR count). The molecule has 1 heterocycles. The highest BCUT2D eigenvalue weighted by Gasteiger charge is 2.35. The van der Waals surface area contributed by atoms with Gasteiger partial charge in [-0.3, -0.25) is 0 Å². The highest BCUT2D eigenvalue weighted by Crippen LogP contribution is 2.49. The van der Waals surface area contributed by atoms with Gasteiger partial charge in [-0.05, 0) is 84.7 Å². The smallest absolute Gasteiger partial charge is 0.126 e. The van der Waals surface area contributed by atoms with E-state index in [1.54, 1.807) is 13.0 Å². The summed E-state index contributed by atoms with van der Waals surface area (Å²) in [6, 6.07) is 24.2. The molecule has 0 aliphatic heterocycles. The van der Waals surface area contributed by atoms with Gasteiger partial charge in [-0.1, -0.05) is 44.2 Å². The number of nitriles is 1. The summed E-state index contributed by atoms with van der Waals surface area (Å²) >= 11 is 0. The highest BCUT2D eigenvalue weighted by molar-refractivity contribution is 5.89. The first-order chi connectivity index (χ1) is 16.5. The first kappa shape index (κ1) is 22.2. The van der Waals surface area contributed by atoms with E-state index in [1.807, 2.05) is 36.4 Å². The second-order valence-corrected chi connectivity index (χ2v) is 9.67. The molecule has 3 aromatic carbocycles. The van der Waals surface area contributed by atoms with Crippen LogP contribution in [0, 0.1) is 30.0 Å². The third kappa shape index (κ3) is 3.96. The van der Waals surface area contributed by atoms with Gasteiger partial charge in [0.1, 0.15) is 18.2 Å². The van der Waals surface area contributed by atoms with E-state index >= 15 is 0 Å². The van der Waals surface area contributed by atoms with Gasteiger partial charge >= 0.3 is 0 Å². The van der Waals surface area contributed by atoms with Gasteiger partial charge in [0.15, 0.2) is 0 Å². The molecule has 4 aromatic rings. The molecule has 1 aliphatic rings. The second kappa shape index (κ2) is 8.99. The molecule has 4 heteroatoms. The van der Waals surface area contributed by atoms with Crippen molar-refractivity contribution in [3.8, 4) is 17.5 Å². The molecule has 0 bridgehead atoms. The summed E-state index contributed by atoms with van der Waals surface area (Å²) in [5.41, 5.74) is 6.36. The van der Waals surface area contributed by atoms with Crippen molar-refractivity contribution in [2.75, 3.05) is 0 Å². The van der Waals surface area contributed by atoms with Crippen LogP contribution in [-0.4, -0.2) is 4.57 Å². The van der Waals surface area contributed by atoms with E-state index in [0.29, 0.717) is 18.1 Å². The molecule has 1 fully saturated rings. The largest absolute Gasteiger partial charge is 0.489 e. The quantitative estimate of drug-likeness (QED) is 0.299. The van der Waals surface area contributed by atoms with Gasteiger partial charge in [0.05, 0.1) is 11.6 Å².